The van der Waals surface area contributed by atoms with Crippen molar-refractivity contribution in [3.05, 3.63) is 47.9 Å². The Balaban J connectivity index is 1.50. The summed E-state index contributed by atoms with van der Waals surface area (Å²) in [5.41, 5.74) is 2.76. The Bertz CT molecular complexity index is 986. The van der Waals surface area contributed by atoms with E-state index in [1.807, 2.05) is 6.07 Å². The fraction of sp³-hybridized carbons (Fsp3) is 0.455. The first kappa shape index (κ1) is 16.8. The molecular weight excluding hydrogens is 344 g/mol. The van der Waals surface area contributed by atoms with Crippen molar-refractivity contribution in [3.8, 4) is 11.3 Å². The molecule has 1 N–H and O–H groups in total. The highest BCUT2D eigenvalue weighted by atomic mass is 19.1. The van der Waals surface area contributed by atoms with Crippen LogP contribution in [0.3, 0.4) is 0 Å². The Hall–Kier alpha value is -2.30. The number of hydrogen-bond acceptors (Lipinski definition) is 2. The van der Waals surface area contributed by atoms with Crippen LogP contribution in [-0.2, 0) is 6.42 Å². The number of aromatic amines is 1. The molecule has 2 atom stereocenters. The van der Waals surface area contributed by atoms with Crippen molar-refractivity contribution in [1.82, 2.24) is 15.0 Å². The third-order valence-electron chi connectivity index (χ3n) is 7.00. The van der Waals surface area contributed by atoms with Gasteiger partial charge >= 0.3 is 0 Å². The second-order valence-corrected chi connectivity index (χ2v) is 8.31. The SMILES string of the molecule is C[C@H]1C2CCC(CC2)[C@@H]1Cc1cc(-c2c[nH]c3ncc(F)cc23)ncc1F. The van der Waals surface area contributed by atoms with Crippen molar-refractivity contribution in [2.45, 2.75) is 39.0 Å². The number of nitrogens with zero attached hydrogens (tertiary/aromatic N) is 2. The van der Waals surface area contributed by atoms with Gasteiger partial charge in [-0.1, -0.05) is 6.92 Å². The molecule has 3 aromatic rings. The average Bonchev–Trinajstić information content (AvgIpc) is 3.09. The standard InChI is InChI=1S/C22H23F2N3/c1-12-13-2-4-14(5-3-13)17(12)6-15-7-21(25-11-20(15)24)19-10-27-22-18(19)8-16(23)9-26-22/h7-14,17H,2-6H2,1H3,(H,26,27)/t12-,13?,14?,17+/m0/s1. The monoisotopic (exact) mass is 367 g/mol. The Kier molecular flexibility index (Phi) is 3.99. The van der Waals surface area contributed by atoms with E-state index in [0.717, 1.165) is 23.5 Å². The minimum absolute atomic E-state index is 0.239. The van der Waals surface area contributed by atoms with Crippen LogP contribution in [0, 0.1) is 35.3 Å². The molecule has 6 rings (SSSR count). The van der Waals surface area contributed by atoms with Crippen LogP contribution >= 0.6 is 0 Å². The Morgan fingerprint density at radius 1 is 1.04 bits per heavy atom. The molecule has 0 spiro atoms. The summed E-state index contributed by atoms with van der Waals surface area (Å²) in [4.78, 5) is 11.4. The first-order chi connectivity index (χ1) is 13.1. The van der Waals surface area contributed by atoms with Gasteiger partial charge in [0.25, 0.3) is 0 Å². The molecule has 0 amide bonds. The molecule has 27 heavy (non-hydrogen) atoms. The molecule has 3 saturated carbocycles. The van der Waals surface area contributed by atoms with Crippen molar-refractivity contribution in [2.75, 3.05) is 0 Å². The zero-order valence-electron chi connectivity index (χ0n) is 15.4. The summed E-state index contributed by atoms with van der Waals surface area (Å²) in [5, 5.41) is 0.671. The van der Waals surface area contributed by atoms with Crippen LogP contribution in [-0.4, -0.2) is 15.0 Å². The van der Waals surface area contributed by atoms with Crippen LogP contribution in [0.4, 0.5) is 8.78 Å². The Labute approximate surface area is 157 Å². The summed E-state index contributed by atoms with van der Waals surface area (Å²) in [6, 6.07) is 3.29. The fourth-order valence-corrected chi connectivity index (χ4v) is 5.46. The number of hydrogen-bond donors (Lipinski definition) is 1. The first-order valence-corrected chi connectivity index (χ1v) is 9.87. The molecule has 3 fully saturated rings. The van der Waals surface area contributed by atoms with Gasteiger partial charge in [0.2, 0.25) is 0 Å². The molecular formula is C22H23F2N3. The van der Waals surface area contributed by atoms with Crippen LogP contribution < -0.4 is 0 Å². The van der Waals surface area contributed by atoms with E-state index in [2.05, 4.69) is 21.9 Å². The predicted octanol–water partition coefficient (Wildman–Crippen LogP) is 5.52. The van der Waals surface area contributed by atoms with Gasteiger partial charge in [-0.15, -0.1) is 0 Å². The van der Waals surface area contributed by atoms with E-state index in [-0.39, 0.29) is 5.82 Å². The molecule has 3 aliphatic rings. The maximum atomic E-state index is 14.6. The van der Waals surface area contributed by atoms with Gasteiger partial charge in [-0.25, -0.2) is 13.8 Å². The van der Waals surface area contributed by atoms with Gasteiger partial charge in [0, 0.05) is 17.1 Å². The summed E-state index contributed by atoms with van der Waals surface area (Å²) in [5.74, 6) is 2.08. The molecule has 3 heterocycles. The van der Waals surface area contributed by atoms with E-state index in [1.165, 1.54) is 44.1 Å². The largest absolute Gasteiger partial charge is 0.345 e. The molecule has 5 heteroatoms. The second kappa shape index (κ2) is 6.39. The summed E-state index contributed by atoms with van der Waals surface area (Å²) in [6.45, 7) is 2.34. The van der Waals surface area contributed by atoms with Gasteiger partial charge < -0.3 is 4.98 Å². The smallest absolute Gasteiger partial charge is 0.144 e. The van der Waals surface area contributed by atoms with E-state index >= 15 is 0 Å². The molecule has 0 saturated heterocycles. The van der Waals surface area contributed by atoms with Crippen LogP contribution in [0.5, 0.6) is 0 Å². The van der Waals surface area contributed by atoms with Crippen molar-refractivity contribution in [1.29, 1.82) is 0 Å². The summed E-state index contributed by atoms with van der Waals surface area (Å²) >= 11 is 0. The van der Waals surface area contributed by atoms with Gasteiger partial charge in [-0.2, -0.15) is 0 Å². The van der Waals surface area contributed by atoms with Crippen LogP contribution in [0.15, 0.2) is 30.7 Å². The lowest BCUT2D eigenvalue weighted by Crippen LogP contribution is -2.39. The van der Waals surface area contributed by atoms with Crippen LogP contribution in [0.1, 0.15) is 38.2 Å². The van der Waals surface area contributed by atoms with Crippen molar-refractivity contribution in [2.24, 2.45) is 23.7 Å². The van der Waals surface area contributed by atoms with Crippen LogP contribution in [0.25, 0.3) is 22.3 Å². The number of aromatic nitrogens is 3. The number of rotatable bonds is 3. The molecule has 3 aromatic heterocycles. The van der Waals surface area contributed by atoms with Crippen molar-refractivity contribution < 1.29 is 8.78 Å². The normalized spacial score (nSPS) is 27.4. The lowest BCUT2D eigenvalue weighted by Gasteiger charge is -2.47. The topological polar surface area (TPSA) is 41.6 Å². The van der Waals surface area contributed by atoms with E-state index in [0.29, 0.717) is 34.5 Å². The third kappa shape index (κ3) is 2.84. The zero-order chi connectivity index (χ0) is 18.5. The third-order valence-corrected chi connectivity index (χ3v) is 7.00. The first-order valence-electron chi connectivity index (χ1n) is 9.87. The van der Waals surface area contributed by atoms with E-state index in [1.54, 1.807) is 6.20 Å². The number of H-pyrrole nitrogens is 1. The van der Waals surface area contributed by atoms with Gasteiger partial charge in [-0.05, 0) is 73.5 Å². The number of pyridine rings is 2. The lowest BCUT2D eigenvalue weighted by atomic mass is 9.58. The Morgan fingerprint density at radius 2 is 1.81 bits per heavy atom. The van der Waals surface area contributed by atoms with E-state index in [4.69, 9.17) is 0 Å². The zero-order valence-corrected chi connectivity index (χ0v) is 15.4. The minimum Gasteiger partial charge on any atom is -0.345 e. The number of fused-ring (bicyclic) bond motifs is 4. The minimum atomic E-state index is -0.391. The quantitative estimate of drug-likeness (QED) is 0.662. The molecule has 2 bridgehead atoms. The molecule has 140 valence electrons. The second-order valence-electron chi connectivity index (χ2n) is 8.31. The molecule has 3 nitrogen and oxygen atoms in total. The molecule has 3 aliphatic carbocycles. The van der Waals surface area contributed by atoms with Crippen molar-refractivity contribution >= 4 is 11.0 Å². The van der Waals surface area contributed by atoms with Crippen molar-refractivity contribution in [3.63, 3.8) is 0 Å². The summed E-state index contributed by atoms with van der Waals surface area (Å²) in [7, 11) is 0. The molecule has 0 aliphatic heterocycles. The lowest BCUT2D eigenvalue weighted by molar-refractivity contribution is 0.0340. The highest BCUT2D eigenvalue weighted by Crippen LogP contribution is 2.49. The highest BCUT2D eigenvalue weighted by molar-refractivity contribution is 5.92. The number of halogens is 2. The maximum Gasteiger partial charge on any atom is 0.144 e. The Morgan fingerprint density at radius 3 is 2.59 bits per heavy atom. The fourth-order valence-electron chi connectivity index (χ4n) is 5.46. The maximum absolute atomic E-state index is 14.6. The van der Waals surface area contributed by atoms with E-state index < -0.39 is 5.82 Å². The van der Waals surface area contributed by atoms with Gasteiger partial charge in [0.05, 0.1) is 18.1 Å². The van der Waals surface area contributed by atoms with Gasteiger partial charge in [-0.3, -0.25) is 4.98 Å². The predicted molar refractivity (Wildman–Crippen MR) is 101 cm³/mol. The van der Waals surface area contributed by atoms with Gasteiger partial charge in [0.1, 0.15) is 17.3 Å². The molecule has 0 aromatic carbocycles. The molecule has 0 unspecified atom stereocenters. The molecule has 0 radical (unpaired) electrons. The summed E-state index contributed by atoms with van der Waals surface area (Å²) in [6.07, 6.45) is 10.3. The highest BCUT2D eigenvalue weighted by Gasteiger charge is 2.41. The summed E-state index contributed by atoms with van der Waals surface area (Å²) < 4.78 is 28.2. The average molecular weight is 367 g/mol. The van der Waals surface area contributed by atoms with Gasteiger partial charge in [0.15, 0.2) is 0 Å². The van der Waals surface area contributed by atoms with Crippen LogP contribution in [0.2, 0.25) is 0 Å². The number of nitrogens with one attached hydrogen (secondary N) is 1. The van der Waals surface area contributed by atoms with E-state index in [9.17, 15) is 8.78 Å².